The molecule has 0 aliphatic carbocycles. The van der Waals surface area contributed by atoms with Crippen LogP contribution < -0.4 is 0 Å². The van der Waals surface area contributed by atoms with Crippen molar-refractivity contribution in [2.24, 2.45) is 0 Å². The second-order valence-corrected chi connectivity index (χ2v) is 7.83. The summed E-state index contributed by atoms with van der Waals surface area (Å²) in [5.41, 5.74) is 2.85. The van der Waals surface area contributed by atoms with Crippen molar-refractivity contribution in [2.45, 2.75) is 153 Å². The third-order valence-corrected chi connectivity index (χ3v) is 4.86. The van der Waals surface area contributed by atoms with E-state index in [0.717, 1.165) is 25.5 Å². The highest BCUT2D eigenvalue weighted by atomic mass is 16.1. The minimum absolute atomic E-state index is 0.549. The summed E-state index contributed by atoms with van der Waals surface area (Å²) in [4.78, 5) is 9.56. The summed E-state index contributed by atoms with van der Waals surface area (Å²) in [6.07, 6.45) is 13.0. The smallest absolute Gasteiger partial charge is 0.119 e. The Morgan fingerprint density at radius 1 is 0.514 bits per heavy atom. The van der Waals surface area contributed by atoms with E-state index in [9.17, 15) is 4.79 Å². The molecular weight excluding hydrogens is 448 g/mol. The highest BCUT2D eigenvalue weighted by Gasteiger charge is 2.11. The maximum absolute atomic E-state index is 9.56. The highest BCUT2D eigenvalue weighted by Crippen LogP contribution is 2.28. The second kappa shape index (κ2) is 47.3. The summed E-state index contributed by atoms with van der Waals surface area (Å²) in [5.74, 6) is 0.549. The van der Waals surface area contributed by atoms with Crippen LogP contribution >= 0.6 is 0 Å². The first-order valence-electron chi connectivity index (χ1n) is 15.7. The topological polar surface area (TPSA) is 17.1 Å². The first kappa shape index (κ1) is 45.1. The van der Waals surface area contributed by atoms with Crippen LogP contribution in [0, 0.1) is 0 Å². The van der Waals surface area contributed by atoms with Gasteiger partial charge in [0.1, 0.15) is 6.29 Å². The molecule has 2 aromatic rings. The van der Waals surface area contributed by atoms with Crippen LogP contribution in [0.25, 0.3) is 0 Å². The lowest BCUT2D eigenvalue weighted by atomic mass is 9.88. The first-order chi connectivity index (χ1) is 18.2. The molecule has 0 atom stereocenters. The molecule has 0 unspecified atom stereocenters. The Labute approximate surface area is 235 Å². The summed E-state index contributed by atoms with van der Waals surface area (Å²) < 4.78 is 0. The highest BCUT2D eigenvalue weighted by molar-refractivity contribution is 5.48. The van der Waals surface area contributed by atoms with Crippen molar-refractivity contribution < 1.29 is 4.79 Å². The monoisotopic (exact) mass is 517 g/mol. The van der Waals surface area contributed by atoms with E-state index in [0.29, 0.717) is 5.92 Å². The number of carbonyl (C=O) groups is 1. The molecule has 1 nitrogen and oxygen atoms in total. The molecule has 37 heavy (non-hydrogen) atoms. The van der Waals surface area contributed by atoms with Gasteiger partial charge in [-0.2, -0.15) is 0 Å². The lowest BCUT2D eigenvalue weighted by Crippen LogP contribution is -2.00. The van der Waals surface area contributed by atoms with Crippen LogP contribution in [0.5, 0.6) is 0 Å². The van der Waals surface area contributed by atoms with Gasteiger partial charge in [0.2, 0.25) is 0 Å². The summed E-state index contributed by atoms with van der Waals surface area (Å²) in [6, 6.07) is 21.6. The third kappa shape index (κ3) is 36.3. The first-order valence-corrected chi connectivity index (χ1v) is 15.7. The lowest BCUT2D eigenvalue weighted by molar-refractivity contribution is -0.107. The van der Waals surface area contributed by atoms with E-state index in [4.69, 9.17) is 0 Å². The molecule has 0 aromatic heterocycles. The summed E-state index contributed by atoms with van der Waals surface area (Å²) in [5, 5.41) is 0. The van der Waals surface area contributed by atoms with E-state index in [-0.39, 0.29) is 0 Å². The van der Waals surface area contributed by atoms with Gasteiger partial charge in [0.15, 0.2) is 0 Å². The van der Waals surface area contributed by atoms with Crippen LogP contribution in [0.4, 0.5) is 0 Å². The van der Waals surface area contributed by atoms with E-state index < -0.39 is 0 Å². The van der Waals surface area contributed by atoms with E-state index in [2.05, 4.69) is 102 Å². The molecule has 0 amide bonds. The number of hydrogen-bond acceptors (Lipinski definition) is 1. The van der Waals surface area contributed by atoms with Crippen LogP contribution in [-0.2, 0) is 4.79 Å². The predicted octanol–water partition coefficient (Wildman–Crippen LogP) is 13.1. The molecule has 2 aromatic carbocycles. The molecular formula is C36H68O. The Hall–Kier alpha value is -1.89. The van der Waals surface area contributed by atoms with Gasteiger partial charge in [0, 0.05) is 12.3 Å². The van der Waals surface area contributed by atoms with Crippen molar-refractivity contribution in [3.63, 3.8) is 0 Å². The predicted molar refractivity (Wildman–Crippen MR) is 175 cm³/mol. The molecule has 0 aliphatic rings. The van der Waals surface area contributed by atoms with E-state index in [1.165, 1.54) is 56.1 Å². The van der Waals surface area contributed by atoms with Crippen molar-refractivity contribution in [2.75, 3.05) is 0 Å². The fourth-order valence-electron chi connectivity index (χ4n) is 2.83. The molecule has 0 saturated heterocycles. The zero-order chi connectivity index (χ0) is 29.6. The molecule has 2 rings (SSSR count). The Balaban J connectivity index is -0.000000136. The molecule has 0 heterocycles. The van der Waals surface area contributed by atoms with E-state index >= 15 is 0 Å². The van der Waals surface area contributed by atoms with Gasteiger partial charge in [-0.1, -0.05) is 189 Å². The lowest BCUT2D eigenvalue weighted by Gasteiger charge is -2.17. The normalized spacial score (nSPS) is 8.35. The van der Waals surface area contributed by atoms with Crippen molar-refractivity contribution in [1.82, 2.24) is 0 Å². The van der Waals surface area contributed by atoms with Crippen LogP contribution in [0.15, 0.2) is 60.7 Å². The van der Waals surface area contributed by atoms with Gasteiger partial charge in [-0.25, -0.2) is 0 Å². The third-order valence-electron chi connectivity index (χ3n) is 4.86. The number of rotatable bonds is 10. The van der Waals surface area contributed by atoms with Gasteiger partial charge >= 0.3 is 0 Å². The van der Waals surface area contributed by atoms with Gasteiger partial charge in [-0.15, -0.1) is 0 Å². The fourth-order valence-corrected chi connectivity index (χ4v) is 2.83. The second-order valence-electron chi connectivity index (χ2n) is 7.83. The molecule has 0 radical (unpaired) electrons. The fraction of sp³-hybridized carbons (Fsp3) is 0.639. The average Bonchev–Trinajstić information content (AvgIpc) is 3.00. The largest absolute Gasteiger partial charge is 0.303 e. The van der Waals surface area contributed by atoms with Crippen molar-refractivity contribution in [1.29, 1.82) is 0 Å². The van der Waals surface area contributed by atoms with Crippen LogP contribution in [0.1, 0.15) is 164 Å². The maximum atomic E-state index is 9.56. The minimum Gasteiger partial charge on any atom is -0.303 e. The quantitative estimate of drug-likeness (QED) is 0.227. The van der Waals surface area contributed by atoms with Crippen LogP contribution in [0.3, 0.4) is 0 Å². The van der Waals surface area contributed by atoms with Gasteiger partial charge in [-0.3, -0.25) is 0 Å². The number of unbranched alkanes of at least 4 members (excludes halogenated alkanes) is 5. The van der Waals surface area contributed by atoms with Crippen LogP contribution in [0.2, 0.25) is 0 Å². The molecule has 0 N–H and O–H groups in total. The average molecular weight is 517 g/mol. The molecule has 0 saturated carbocycles. The van der Waals surface area contributed by atoms with Crippen molar-refractivity contribution >= 4 is 6.29 Å². The zero-order valence-corrected chi connectivity index (χ0v) is 27.4. The number of carbonyl (C=O) groups excluding carboxylic acids is 1. The number of hydrogen-bond donors (Lipinski definition) is 0. The van der Waals surface area contributed by atoms with E-state index in [1.54, 1.807) is 0 Å². The van der Waals surface area contributed by atoms with Gasteiger partial charge in [0.05, 0.1) is 0 Å². The van der Waals surface area contributed by atoms with Gasteiger partial charge in [0.25, 0.3) is 0 Å². The molecule has 0 aliphatic heterocycles. The van der Waals surface area contributed by atoms with Crippen molar-refractivity contribution in [3.05, 3.63) is 71.8 Å². The zero-order valence-electron chi connectivity index (χ0n) is 27.4. The molecule has 0 fully saturated rings. The van der Waals surface area contributed by atoms with Crippen molar-refractivity contribution in [3.8, 4) is 0 Å². The molecule has 0 bridgehead atoms. The minimum atomic E-state index is 0.549. The Morgan fingerprint density at radius 3 is 1.05 bits per heavy atom. The molecule has 1 heteroatoms. The summed E-state index contributed by atoms with van der Waals surface area (Å²) >= 11 is 0. The van der Waals surface area contributed by atoms with Gasteiger partial charge < -0.3 is 4.79 Å². The van der Waals surface area contributed by atoms with Gasteiger partial charge in [-0.05, 0) is 24.0 Å². The summed E-state index contributed by atoms with van der Waals surface area (Å²) in [6.45, 7) is 25.1. The molecule has 0 spiro atoms. The SMILES string of the molecule is CC.CC.CC.CCCC.CCCC(c1ccccc1)c1ccccc1.CCCCC.CCCCC=O. The Kier molecular flexibility index (Phi) is 57.6. The van der Waals surface area contributed by atoms with Crippen LogP contribution in [-0.4, -0.2) is 6.29 Å². The summed E-state index contributed by atoms with van der Waals surface area (Å²) in [7, 11) is 0. The standard InChI is InChI=1S/C16H18.C5H10O.C5H12.C4H10.3C2H6/c1-2-9-16(14-10-5-3-6-11-14)15-12-7-4-8-13-15;1-2-3-4-5-6;1-3-5-4-2;1-3-4-2;3*1-2/h3-8,10-13,16H,2,9H2,1H3;5H,2-4H2,1H3;3-5H2,1-2H3;3-4H2,1-2H3;3*1-2H3. The Bertz CT molecular complexity index is 518. The molecule has 218 valence electrons. The van der Waals surface area contributed by atoms with E-state index in [1.807, 2.05) is 41.5 Å². The number of benzene rings is 2. The Morgan fingerprint density at radius 2 is 0.865 bits per heavy atom. The maximum Gasteiger partial charge on any atom is 0.119 e. The number of aldehydes is 1.